The Morgan fingerprint density at radius 2 is 1.96 bits per heavy atom. The first-order valence-corrected chi connectivity index (χ1v) is 7.90. The molecule has 8 heteroatoms. The van der Waals surface area contributed by atoms with E-state index in [9.17, 15) is 18.0 Å². The number of alkyl halides is 3. The molecule has 1 aliphatic rings. The number of benzene rings is 1. The van der Waals surface area contributed by atoms with Crippen molar-refractivity contribution in [2.45, 2.75) is 31.7 Å². The van der Waals surface area contributed by atoms with Gasteiger partial charge < -0.3 is 20.3 Å². The first kappa shape index (κ1) is 18.4. The summed E-state index contributed by atoms with van der Waals surface area (Å²) in [4.78, 5) is 14.1. The number of urea groups is 1. The lowest BCUT2D eigenvalue weighted by atomic mass is 10.1. The zero-order valence-corrected chi connectivity index (χ0v) is 13.5. The molecule has 1 aromatic carbocycles. The number of hydrogen-bond acceptors (Lipinski definition) is 3. The fourth-order valence-electron chi connectivity index (χ4n) is 2.63. The molecule has 1 aromatic rings. The van der Waals surface area contributed by atoms with E-state index in [0.717, 1.165) is 25.9 Å². The van der Waals surface area contributed by atoms with Crippen LogP contribution in [0.3, 0.4) is 0 Å². The molecule has 134 valence electrons. The largest absolute Gasteiger partial charge is 0.573 e. The average molecular weight is 345 g/mol. The minimum Gasteiger partial charge on any atom is -0.406 e. The number of hydrogen-bond donors (Lipinski definition) is 2. The number of carbonyl (C=O) groups is 1. The van der Waals surface area contributed by atoms with Crippen LogP contribution >= 0.6 is 0 Å². The number of halogens is 3. The number of amides is 2. The fourth-order valence-corrected chi connectivity index (χ4v) is 2.63. The lowest BCUT2D eigenvalue weighted by Crippen LogP contribution is -2.47. The average Bonchev–Trinajstić information content (AvgIpc) is 2.50. The van der Waals surface area contributed by atoms with Gasteiger partial charge in [-0.05, 0) is 51.0 Å². The van der Waals surface area contributed by atoms with Crippen molar-refractivity contribution in [3.8, 4) is 5.75 Å². The van der Waals surface area contributed by atoms with Crippen LogP contribution in [0.15, 0.2) is 24.3 Å². The van der Waals surface area contributed by atoms with Crippen molar-refractivity contribution in [3.63, 3.8) is 0 Å². The highest BCUT2D eigenvalue weighted by molar-refractivity contribution is 5.74. The van der Waals surface area contributed by atoms with E-state index in [1.807, 2.05) is 7.05 Å². The number of rotatable bonds is 5. The molecule has 1 fully saturated rings. The van der Waals surface area contributed by atoms with Crippen LogP contribution in [0, 0.1) is 0 Å². The molecule has 1 aliphatic heterocycles. The summed E-state index contributed by atoms with van der Waals surface area (Å²) in [5.74, 6) is -0.234. The Morgan fingerprint density at radius 1 is 1.29 bits per heavy atom. The van der Waals surface area contributed by atoms with Crippen molar-refractivity contribution >= 4 is 6.03 Å². The maximum Gasteiger partial charge on any atom is 0.573 e. The molecular formula is C16H22F3N3O2. The Labute approximate surface area is 139 Å². The van der Waals surface area contributed by atoms with Gasteiger partial charge in [-0.15, -0.1) is 13.2 Å². The van der Waals surface area contributed by atoms with Gasteiger partial charge in [-0.25, -0.2) is 4.79 Å². The highest BCUT2D eigenvalue weighted by Gasteiger charge is 2.31. The first-order valence-electron chi connectivity index (χ1n) is 7.90. The third-order valence-electron chi connectivity index (χ3n) is 3.93. The normalized spacial score (nSPS) is 16.7. The van der Waals surface area contributed by atoms with E-state index in [4.69, 9.17) is 0 Å². The van der Waals surface area contributed by atoms with E-state index in [1.54, 1.807) is 12.1 Å². The Balaban J connectivity index is 1.76. The third-order valence-corrected chi connectivity index (χ3v) is 3.93. The molecule has 0 unspecified atom stereocenters. The Morgan fingerprint density at radius 3 is 2.62 bits per heavy atom. The second kappa shape index (κ2) is 8.23. The second-order valence-electron chi connectivity index (χ2n) is 5.88. The van der Waals surface area contributed by atoms with Crippen LogP contribution in [0.4, 0.5) is 18.0 Å². The van der Waals surface area contributed by atoms with Gasteiger partial charge in [-0.2, -0.15) is 0 Å². The molecule has 24 heavy (non-hydrogen) atoms. The number of piperidine rings is 1. The van der Waals surface area contributed by atoms with Crippen molar-refractivity contribution in [1.29, 1.82) is 0 Å². The SMILES string of the molecule is CN1CCC(NC(=O)NCCc2ccccc2OC(F)(F)F)CC1. The van der Waals surface area contributed by atoms with E-state index in [0.29, 0.717) is 5.56 Å². The maximum absolute atomic E-state index is 12.4. The van der Waals surface area contributed by atoms with Gasteiger partial charge in [0.05, 0.1) is 0 Å². The van der Waals surface area contributed by atoms with E-state index >= 15 is 0 Å². The monoisotopic (exact) mass is 345 g/mol. The van der Waals surface area contributed by atoms with E-state index in [-0.39, 0.29) is 30.8 Å². The zero-order chi connectivity index (χ0) is 17.6. The second-order valence-corrected chi connectivity index (χ2v) is 5.88. The van der Waals surface area contributed by atoms with Crippen LogP contribution < -0.4 is 15.4 Å². The number of nitrogens with one attached hydrogen (secondary N) is 2. The summed E-state index contributed by atoms with van der Waals surface area (Å²) in [5, 5.41) is 5.57. The lowest BCUT2D eigenvalue weighted by Gasteiger charge is -2.29. The van der Waals surface area contributed by atoms with Gasteiger partial charge in [0.15, 0.2) is 0 Å². The predicted molar refractivity (Wildman–Crippen MR) is 83.9 cm³/mol. The van der Waals surface area contributed by atoms with Crippen molar-refractivity contribution in [2.75, 3.05) is 26.7 Å². The molecule has 0 atom stereocenters. The van der Waals surface area contributed by atoms with Gasteiger partial charge in [-0.3, -0.25) is 0 Å². The minimum atomic E-state index is -4.73. The van der Waals surface area contributed by atoms with E-state index in [2.05, 4.69) is 20.3 Å². The zero-order valence-electron chi connectivity index (χ0n) is 13.5. The topological polar surface area (TPSA) is 53.6 Å². The molecule has 0 bridgehead atoms. The van der Waals surface area contributed by atoms with Crippen LogP contribution in [0.2, 0.25) is 0 Å². The van der Waals surface area contributed by atoms with Gasteiger partial charge >= 0.3 is 12.4 Å². The molecule has 2 rings (SSSR count). The van der Waals surface area contributed by atoms with Crippen molar-refractivity contribution in [3.05, 3.63) is 29.8 Å². The predicted octanol–water partition coefficient (Wildman–Crippen LogP) is 2.52. The Bertz CT molecular complexity index is 544. The van der Waals surface area contributed by atoms with Crippen LogP contribution in [0.25, 0.3) is 0 Å². The number of carbonyl (C=O) groups excluding carboxylic acids is 1. The number of nitrogens with zero attached hydrogens (tertiary/aromatic N) is 1. The van der Waals surface area contributed by atoms with Crippen LogP contribution in [-0.2, 0) is 6.42 Å². The lowest BCUT2D eigenvalue weighted by molar-refractivity contribution is -0.274. The third kappa shape index (κ3) is 6.27. The minimum absolute atomic E-state index is 0.141. The molecule has 1 heterocycles. The van der Waals surface area contributed by atoms with Gasteiger partial charge in [0.2, 0.25) is 0 Å². The summed E-state index contributed by atoms with van der Waals surface area (Å²) in [6, 6.07) is 5.78. The number of likely N-dealkylation sites (tertiary alicyclic amines) is 1. The molecule has 5 nitrogen and oxygen atoms in total. The van der Waals surface area contributed by atoms with Crippen molar-refractivity contribution in [1.82, 2.24) is 15.5 Å². The summed E-state index contributed by atoms with van der Waals surface area (Å²) < 4.78 is 41.1. The number of para-hydroxylation sites is 1. The summed E-state index contributed by atoms with van der Waals surface area (Å²) >= 11 is 0. The summed E-state index contributed by atoms with van der Waals surface area (Å²) in [7, 11) is 2.04. The van der Waals surface area contributed by atoms with Gasteiger partial charge in [0.1, 0.15) is 5.75 Å². The molecule has 0 radical (unpaired) electrons. The first-order chi connectivity index (χ1) is 11.3. The summed E-state index contributed by atoms with van der Waals surface area (Å²) in [6.45, 7) is 2.11. The van der Waals surface area contributed by atoms with Gasteiger partial charge in [0.25, 0.3) is 0 Å². The van der Waals surface area contributed by atoms with Crippen molar-refractivity contribution in [2.24, 2.45) is 0 Å². The highest BCUT2D eigenvalue weighted by atomic mass is 19.4. The van der Waals surface area contributed by atoms with Crippen LogP contribution in [0.1, 0.15) is 18.4 Å². The molecule has 0 saturated carbocycles. The molecule has 0 aliphatic carbocycles. The molecular weight excluding hydrogens is 323 g/mol. The molecule has 0 spiro atoms. The Hall–Kier alpha value is -1.96. The standard InChI is InChI=1S/C16H22F3N3O2/c1-22-10-7-13(8-11-22)21-15(23)20-9-6-12-4-2-3-5-14(12)24-16(17,18)19/h2-5,13H,6-11H2,1H3,(H2,20,21,23). The van der Waals surface area contributed by atoms with E-state index < -0.39 is 6.36 Å². The fraction of sp³-hybridized carbons (Fsp3) is 0.562. The quantitative estimate of drug-likeness (QED) is 0.862. The number of ether oxygens (including phenoxy) is 1. The maximum atomic E-state index is 12.4. The van der Waals surface area contributed by atoms with Crippen LogP contribution in [0.5, 0.6) is 5.75 Å². The molecule has 2 N–H and O–H groups in total. The summed E-state index contributed by atoms with van der Waals surface area (Å²) in [6.07, 6.45) is -2.68. The van der Waals surface area contributed by atoms with Gasteiger partial charge in [0, 0.05) is 12.6 Å². The van der Waals surface area contributed by atoms with Crippen LogP contribution in [-0.4, -0.2) is 50.0 Å². The molecule has 1 saturated heterocycles. The molecule has 2 amide bonds. The summed E-state index contributed by atoms with van der Waals surface area (Å²) in [5.41, 5.74) is 0.398. The molecule has 0 aromatic heterocycles. The highest BCUT2D eigenvalue weighted by Crippen LogP contribution is 2.26. The van der Waals surface area contributed by atoms with E-state index in [1.165, 1.54) is 12.1 Å². The van der Waals surface area contributed by atoms with Crippen molar-refractivity contribution < 1.29 is 22.7 Å². The Kier molecular flexibility index (Phi) is 6.30. The van der Waals surface area contributed by atoms with Gasteiger partial charge in [-0.1, -0.05) is 18.2 Å². The smallest absolute Gasteiger partial charge is 0.406 e.